The first-order valence-electron chi connectivity index (χ1n) is 6.12. The molecule has 1 saturated heterocycles. The maximum absolute atomic E-state index is 11.3. The lowest BCUT2D eigenvalue weighted by atomic mass is 9.93. The van der Waals surface area contributed by atoms with Crippen molar-refractivity contribution in [3.8, 4) is 0 Å². The van der Waals surface area contributed by atoms with Gasteiger partial charge in [0.2, 0.25) is 5.91 Å². The summed E-state index contributed by atoms with van der Waals surface area (Å²) in [6.45, 7) is 2.53. The summed E-state index contributed by atoms with van der Waals surface area (Å²) >= 11 is 0. The molecule has 0 radical (unpaired) electrons. The third kappa shape index (κ3) is 2.81. The molecule has 0 saturated carbocycles. The number of rotatable bonds is 3. The lowest BCUT2D eigenvalue weighted by Gasteiger charge is -2.37. The summed E-state index contributed by atoms with van der Waals surface area (Å²) in [5.74, 6) is -1.05. The molecule has 2 atom stereocenters. The van der Waals surface area contributed by atoms with Crippen LogP contribution in [0.15, 0.2) is 12.1 Å². The number of carbonyl (C=O) groups is 2. The Labute approximate surface area is 110 Å². The van der Waals surface area contributed by atoms with Gasteiger partial charge in [0.15, 0.2) is 11.5 Å². The minimum absolute atomic E-state index is 0.0973. The minimum Gasteiger partial charge on any atom is -0.476 e. The number of nitrogens with two attached hydrogens (primary N) is 1. The number of piperidine rings is 1. The SMILES string of the molecule is CC1CCC(C(N)=O)CN1c1ccc(C(=O)O)nn1. The highest BCUT2D eigenvalue weighted by atomic mass is 16.4. The molecular weight excluding hydrogens is 248 g/mol. The number of carboxylic acids is 1. The van der Waals surface area contributed by atoms with E-state index in [1.165, 1.54) is 6.07 Å². The number of carboxylic acid groups (broad SMARTS) is 1. The van der Waals surface area contributed by atoms with E-state index in [2.05, 4.69) is 10.2 Å². The molecule has 2 rings (SSSR count). The van der Waals surface area contributed by atoms with Crippen molar-refractivity contribution in [2.75, 3.05) is 11.4 Å². The van der Waals surface area contributed by atoms with Gasteiger partial charge in [0.05, 0.1) is 5.92 Å². The van der Waals surface area contributed by atoms with Gasteiger partial charge in [0, 0.05) is 12.6 Å². The molecule has 3 N–H and O–H groups in total. The average molecular weight is 264 g/mol. The van der Waals surface area contributed by atoms with E-state index in [9.17, 15) is 9.59 Å². The Morgan fingerprint density at radius 3 is 2.63 bits per heavy atom. The highest BCUT2D eigenvalue weighted by Crippen LogP contribution is 2.25. The zero-order valence-electron chi connectivity index (χ0n) is 10.6. The van der Waals surface area contributed by atoms with Gasteiger partial charge in [-0.2, -0.15) is 0 Å². The topological polar surface area (TPSA) is 109 Å². The summed E-state index contributed by atoms with van der Waals surface area (Å²) in [6, 6.07) is 3.24. The van der Waals surface area contributed by atoms with Gasteiger partial charge in [-0.25, -0.2) is 4.79 Å². The molecule has 102 valence electrons. The molecule has 19 heavy (non-hydrogen) atoms. The van der Waals surface area contributed by atoms with Crippen molar-refractivity contribution in [1.82, 2.24) is 10.2 Å². The molecule has 1 fully saturated rings. The second-order valence-corrected chi connectivity index (χ2v) is 4.76. The molecule has 2 unspecified atom stereocenters. The first-order valence-corrected chi connectivity index (χ1v) is 6.12. The fraction of sp³-hybridized carbons (Fsp3) is 0.500. The Balaban J connectivity index is 2.18. The predicted molar refractivity (Wildman–Crippen MR) is 67.7 cm³/mol. The van der Waals surface area contributed by atoms with E-state index >= 15 is 0 Å². The number of anilines is 1. The number of aromatic nitrogens is 2. The van der Waals surface area contributed by atoms with E-state index in [1.54, 1.807) is 6.07 Å². The number of nitrogens with zero attached hydrogens (tertiary/aromatic N) is 3. The average Bonchev–Trinajstić information content (AvgIpc) is 2.39. The molecule has 2 heterocycles. The molecule has 1 aromatic rings. The van der Waals surface area contributed by atoms with Gasteiger partial charge >= 0.3 is 5.97 Å². The number of hydrogen-bond donors (Lipinski definition) is 2. The maximum atomic E-state index is 11.3. The number of amides is 1. The molecule has 0 aromatic carbocycles. The van der Waals surface area contributed by atoms with Crippen LogP contribution in [0.4, 0.5) is 5.82 Å². The summed E-state index contributed by atoms with van der Waals surface area (Å²) < 4.78 is 0. The second-order valence-electron chi connectivity index (χ2n) is 4.76. The third-order valence-electron chi connectivity index (χ3n) is 3.45. The Morgan fingerprint density at radius 2 is 2.11 bits per heavy atom. The molecule has 1 aliphatic heterocycles. The molecule has 1 amide bonds. The molecule has 7 nitrogen and oxygen atoms in total. The maximum Gasteiger partial charge on any atom is 0.356 e. The summed E-state index contributed by atoms with van der Waals surface area (Å²) in [4.78, 5) is 23.9. The Hall–Kier alpha value is -2.18. The van der Waals surface area contributed by atoms with Crippen LogP contribution in [0, 0.1) is 5.92 Å². The normalized spacial score (nSPS) is 23.1. The second kappa shape index (κ2) is 5.21. The van der Waals surface area contributed by atoms with Gasteiger partial charge < -0.3 is 15.7 Å². The van der Waals surface area contributed by atoms with Gasteiger partial charge in [-0.3, -0.25) is 4.79 Å². The summed E-state index contributed by atoms with van der Waals surface area (Å²) in [5.41, 5.74) is 5.24. The Kier molecular flexibility index (Phi) is 3.64. The van der Waals surface area contributed by atoms with Crippen molar-refractivity contribution in [2.45, 2.75) is 25.8 Å². The van der Waals surface area contributed by atoms with E-state index in [4.69, 9.17) is 10.8 Å². The number of primary amides is 1. The summed E-state index contributed by atoms with van der Waals surface area (Å²) in [6.07, 6.45) is 1.61. The van der Waals surface area contributed by atoms with Crippen molar-refractivity contribution in [3.05, 3.63) is 17.8 Å². The summed E-state index contributed by atoms with van der Waals surface area (Å²) in [5, 5.41) is 16.3. The molecule has 0 spiro atoms. The van der Waals surface area contributed by atoms with Gasteiger partial charge in [0.25, 0.3) is 0 Å². The molecule has 1 aliphatic rings. The van der Waals surface area contributed by atoms with Crippen molar-refractivity contribution < 1.29 is 14.7 Å². The summed E-state index contributed by atoms with van der Waals surface area (Å²) in [7, 11) is 0. The van der Waals surface area contributed by atoms with Crippen LogP contribution in [0.5, 0.6) is 0 Å². The molecule has 1 aromatic heterocycles. The lowest BCUT2D eigenvalue weighted by molar-refractivity contribution is -0.122. The van der Waals surface area contributed by atoms with Crippen LogP contribution >= 0.6 is 0 Å². The molecule has 0 aliphatic carbocycles. The van der Waals surface area contributed by atoms with Crippen molar-refractivity contribution in [1.29, 1.82) is 0 Å². The lowest BCUT2D eigenvalue weighted by Crippen LogP contribution is -2.46. The van der Waals surface area contributed by atoms with Crippen LogP contribution in [0.3, 0.4) is 0 Å². The van der Waals surface area contributed by atoms with Gasteiger partial charge in [0.1, 0.15) is 0 Å². The number of carbonyl (C=O) groups excluding carboxylic acids is 1. The van der Waals surface area contributed by atoms with Crippen molar-refractivity contribution in [3.63, 3.8) is 0 Å². The molecule has 0 bridgehead atoms. The van der Waals surface area contributed by atoms with Gasteiger partial charge in [-0.15, -0.1) is 10.2 Å². The molecular formula is C12H16N4O3. The van der Waals surface area contributed by atoms with E-state index in [-0.39, 0.29) is 23.6 Å². The smallest absolute Gasteiger partial charge is 0.356 e. The first kappa shape index (κ1) is 13.3. The monoisotopic (exact) mass is 264 g/mol. The standard InChI is InChI=1S/C12H16N4O3/c1-7-2-3-8(11(13)17)6-16(7)10-5-4-9(12(18)19)14-15-10/h4-5,7-8H,2-3,6H2,1H3,(H2,13,17)(H,18,19). The predicted octanol–water partition coefficient (Wildman–Crippen LogP) is 0.265. The minimum atomic E-state index is -1.11. The number of aromatic carboxylic acids is 1. The highest BCUT2D eigenvalue weighted by molar-refractivity contribution is 5.85. The van der Waals surface area contributed by atoms with E-state index in [0.717, 1.165) is 12.8 Å². The Bertz CT molecular complexity index is 488. The van der Waals surface area contributed by atoms with E-state index in [1.807, 2.05) is 11.8 Å². The zero-order chi connectivity index (χ0) is 14.0. The van der Waals surface area contributed by atoms with Gasteiger partial charge in [-0.1, -0.05) is 0 Å². The van der Waals surface area contributed by atoms with Crippen LogP contribution in [0.2, 0.25) is 0 Å². The first-order chi connectivity index (χ1) is 8.99. The largest absolute Gasteiger partial charge is 0.476 e. The van der Waals surface area contributed by atoms with Crippen LogP contribution in [-0.4, -0.2) is 39.8 Å². The fourth-order valence-corrected chi connectivity index (χ4v) is 2.25. The number of hydrogen-bond acceptors (Lipinski definition) is 5. The van der Waals surface area contributed by atoms with E-state index in [0.29, 0.717) is 12.4 Å². The highest BCUT2D eigenvalue weighted by Gasteiger charge is 2.29. The molecule has 7 heteroatoms. The van der Waals surface area contributed by atoms with Gasteiger partial charge in [-0.05, 0) is 31.9 Å². The van der Waals surface area contributed by atoms with Crippen LogP contribution in [0.25, 0.3) is 0 Å². The van der Waals surface area contributed by atoms with E-state index < -0.39 is 5.97 Å². The van der Waals surface area contributed by atoms with Crippen molar-refractivity contribution in [2.24, 2.45) is 11.7 Å². The fourth-order valence-electron chi connectivity index (χ4n) is 2.25. The van der Waals surface area contributed by atoms with Crippen LogP contribution < -0.4 is 10.6 Å². The van der Waals surface area contributed by atoms with Crippen molar-refractivity contribution >= 4 is 17.7 Å². The van der Waals surface area contributed by atoms with Crippen LogP contribution in [0.1, 0.15) is 30.3 Å². The quantitative estimate of drug-likeness (QED) is 0.810. The Morgan fingerprint density at radius 1 is 1.37 bits per heavy atom. The zero-order valence-corrected chi connectivity index (χ0v) is 10.6. The van der Waals surface area contributed by atoms with Crippen LogP contribution in [-0.2, 0) is 4.79 Å². The third-order valence-corrected chi connectivity index (χ3v) is 3.45.